The summed E-state index contributed by atoms with van der Waals surface area (Å²) in [5.41, 5.74) is 2.61. The zero-order valence-corrected chi connectivity index (χ0v) is 19.9. The Bertz CT molecular complexity index is 1440. The fraction of sp³-hybridized carbons (Fsp3) is 0.143. The van der Waals surface area contributed by atoms with Gasteiger partial charge in [0.1, 0.15) is 5.76 Å². The molecule has 1 N–H and O–H groups in total. The number of anilines is 2. The molecule has 3 aromatic carbocycles. The molecule has 0 radical (unpaired) electrons. The van der Waals surface area contributed by atoms with E-state index >= 15 is 0 Å². The third kappa shape index (κ3) is 5.20. The first kappa shape index (κ1) is 23.8. The Morgan fingerprint density at radius 1 is 0.838 bits per heavy atom. The molecule has 4 aromatic rings. The average Bonchev–Trinajstić information content (AvgIpc) is 3.44. The second kappa shape index (κ2) is 10.4. The Balaban J connectivity index is 1.26. The maximum absolute atomic E-state index is 13.0. The number of hydrogen-bond donors (Lipinski definition) is 1. The number of para-hydroxylation sites is 2. The lowest BCUT2D eigenvalue weighted by atomic mass is 10.1. The van der Waals surface area contributed by atoms with Crippen LogP contribution < -0.4 is 10.2 Å². The van der Waals surface area contributed by atoms with Gasteiger partial charge in [-0.1, -0.05) is 42.5 Å². The Hall–Kier alpha value is -4.92. The molecule has 9 nitrogen and oxygen atoms in total. The van der Waals surface area contributed by atoms with E-state index in [0.717, 1.165) is 5.69 Å². The van der Waals surface area contributed by atoms with E-state index in [9.17, 15) is 19.7 Å². The lowest BCUT2D eigenvalue weighted by Gasteiger charge is -2.37. The first-order chi connectivity index (χ1) is 18.0. The first-order valence-corrected chi connectivity index (χ1v) is 11.8. The van der Waals surface area contributed by atoms with Gasteiger partial charge in [-0.3, -0.25) is 19.7 Å². The van der Waals surface area contributed by atoms with E-state index in [2.05, 4.69) is 10.2 Å². The number of nitrogens with zero attached hydrogens (tertiary/aromatic N) is 3. The summed E-state index contributed by atoms with van der Waals surface area (Å²) in [6.07, 6.45) is 0. The number of benzene rings is 3. The van der Waals surface area contributed by atoms with Crippen LogP contribution in [-0.2, 0) is 0 Å². The Labute approximate surface area is 213 Å². The van der Waals surface area contributed by atoms with Crippen LogP contribution in [0.3, 0.4) is 0 Å². The van der Waals surface area contributed by atoms with E-state index in [4.69, 9.17) is 4.42 Å². The van der Waals surface area contributed by atoms with E-state index in [0.29, 0.717) is 48.8 Å². The van der Waals surface area contributed by atoms with Crippen LogP contribution in [0.2, 0.25) is 0 Å². The predicted molar refractivity (Wildman–Crippen MR) is 140 cm³/mol. The summed E-state index contributed by atoms with van der Waals surface area (Å²) in [6, 6.07) is 25.9. The molecule has 0 saturated carbocycles. The van der Waals surface area contributed by atoms with Crippen LogP contribution in [0.5, 0.6) is 0 Å². The van der Waals surface area contributed by atoms with Gasteiger partial charge >= 0.3 is 0 Å². The highest BCUT2D eigenvalue weighted by molar-refractivity contribution is 6.04. The number of nitro benzene ring substituents is 1. The summed E-state index contributed by atoms with van der Waals surface area (Å²) >= 11 is 0. The van der Waals surface area contributed by atoms with Crippen molar-refractivity contribution in [2.24, 2.45) is 0 Å². The highest BCUT2D eigenvalue weighted by Crippen LogP contribution is 2.29. The minimum atomic E-state index is -0.478. The fourth-order valence-corrected chi connectivity index (χ4v) is 4.34. The molecule has 1 saturated heterocycles. The number of hydrogen-bond acceptors (Lipinski definition) is 6. The SMILES string of the molecule is O=C(Nc1ccccc1N1CCN(C(=O)c2ccccc2)CC1)c1ccc(-c2cccc([N+](=O)[O-])c2)o1. The fourth-order valence-electron chi connectivity index (χ4n) is 4.34. The minimum Gasteiger partial charge on any atom is -0.451 e. The molecule has 9 heteroatoms. The van der Waals surface area contributed by atoms with Crippen LogP contribution in [0.25, 0.3) is 11.3 Å². The smallest absolute Gasteiger partial charge is 0.291 e. The summed E-state index contributed by atoms with van der Waals surface area (Å²) in [5.74, 6) is 0.0390. The van der Waals surface area contributed by atoms with Crippen LogP contribution in [0.15, 0.2) is 95.4 Å². The Kier molecular flexibility index (Phi) is 6.67. The molecular weight excluding hydrogens is 472 g/mol. The van der Waals surface area contributed by atoms with E-state index in [-0.39, 0.29) is 17.4 Å². The lowest BCUT2D eigenvalue weighted by molar-refractivity contribution is -0.384. The van der Waals surface area contributed by atoms with Gasteiger partial charge in [-0.25, -0.2) is 0 Å². The van der Waals surface area contributed by atoms with Gasteiger partial charge in [0.25, 0.3) is 17.5 Å². The van der Waals surface area contributed by atoms with E-state index in [1.165, 1.54) is 12.1 Å². The molecule has 5 rings (SSSR count). The number of nitro groups is 1. The quantitative estimate of drug-likeness (QED) is 0.295. The summed E-state index contributed by atoms with van der Waals surface area (Å²) in [4.78, 5) is 40.3. The number of non-ortho nitro benzene ring substituents is 1. The monoisotopic (exact) mass is 496 g/mol. The summed E-state index contributed by atoms with van der Waals surface area (Å²) in [6.45, 7) is 2.40. The van der Waals surface area contributed by atoms with Crippen molar-refractivity contribution in [3.63, 3.8) is 0 Å². The zero-order valence-electron chi connectivity index (χ0n) is 19.9. The molecule has 0 atom stereocenters. The number of furan rings is 1. The van der Waals surface area contributed by atoms with Crippen LogP contribution in [0.1, 0.15) is 20.9 Å². The molecule has 186 valence electrons. The normalized spacial score (nSPS) is 13.3. The van der Waals surface area contributed by atoms with Crippen molar-refractivity contribution >= 4 is 28.9 Å². The largest absolute Gasteiger partial charge is 0.451 e. The number of piperazine rings is 1. The molecule has 37 heavy (non-hydrogen) atoms. The van der Waals surface area contributed by atoms with E-state index < -0.39 is 10.8 Å². The second-order valence-corrected chi connectivity index (χ2v) is 8.59. The van der Waals surface area contributed by atoms with Crippen LogP contribution >= 0.6 is 0 Å². The Morgan fingerprint density at radius 3 is 2.32 bits per heavy atom. The number of carbonyl (C=O) groups is 2. The maximum atomic E-state index is 13.0. The molecule has 0 unspecified atom stereocenters. The second-order valence-electron chi connectivity index (χ2n) is 8.59. The van der Waals surface area contributed by atoms with Gasteiger partial charge in [-0.05, 0) is 36.4 Å². The standard InChI is InChI=1S/C28H24N4O5/c33-27(26-14-13-25(37-26)21-9-6-10-22(19-21)32(35)36)29-23-11-4-5-12-24(23)30-15-17-31(18-16-30)28(34)20-7-2-1-3-8-20/h1-14,19H,15-18H2,(H,29,33). The van der Waals surface area contributed by atoms with Gasteiger partial charge < -0.3 is 19.5 Å². The first-order valence-electron chi connectivity index (χ1n) is 11.8. The number of amides is 2. The average molecular weight is 497 g/mol. The highest BCUT2D eigenvalue weighted by atomic mass is 16.6. The van der Waals surface area contributed by atoms with Gasteiger partial charge in [0.2, 0.25) is 0 Å². The van der Waals surface area contributed by atoms with Crippen molar-refractivity contribution in [3.05, 3.63) is 112 Å². The van der Waals surface area contributed by atoms with Gasteiger partial charge in [0.05, 0.1) is 16.3 Å². The highest BCUT2D eigenvalue weighted by Gasteiger charge is 2.24. The van der Waals surface area contributed by atoms with Crippen molar-refractivity contribution in [1.82, 2.24) is 4.90 Å². The van der Waals surface area contributed by atoms with E-state index in [1.54, 1.807) is 24.3 Å². The molecule has 2 amide bonds. The van der Waals surface area contributed by atoms with Crippen molar-refractivity contribution in [2.75, 3.05) is 36.4 Å². The third-order valence-corrected chi connectivity index (χ3v) is 6.25. The minimum absolute atomic E-state index is 0.0132. The van der Waals surface area contributed by atoms with Crippen molar-refractivity contribution in [2.45, 2.75) is 0 Å². The molecule has 1 aliphatic rings. The molecule has 2 heterocycles. The molecule has 0 spiro atoms. The van der Waals surface area contributed by atoms with Gasteiger partial charge in [-0.15, -0.1) is 0 Å². The molecule has 1 aromatic heterocycles. The Morgan fingerprint density at radius 2 is 1.57 bits per heavy atom. The van der Waals surface area contributed by atoms with Crippen molar-refractivity contribution in [1.29, 1.82) is 0 Å². The topological polar surface area (TPSA) is 109 Å². The molecule has 1 fully saturated rings. The molecule has 0 bridgehead atoms. The predicted octanol–water partition coefficient (Wildman–Crippen LogP) is 5.07. The number of nitrogens with one attached hydrogen (secondary N) is 1. The molecule has 0 aliphatic carbocycles. The van der Waals surface area contributed by atoms with Gasteiger partial charge in [-0.2, -0.15) is 0 Å². The van der Waals surface area contributed by atoms with Gasteiger partial charge in [0, 0.05) is 49.4 Å². The summed E-state index contributed by atoms with van der Waals surface area (Å²) < 4.78 is 5.71. The van der Waals surface area contributed by atoms with Crippen LogP contribution in [0, 0.1) is 10.1 Å². The van der Waals surface area contributed by atoms with Gasteiger partial charge in [0.15, 0.2) is 5.76 Å². The maximum Gasteiger partial charge on any atom is 0.291 e. The molecular formula is C28H24N4O5. The summed E-state index contributed by atoms with van der Waals surface area (Å²) in [7, 11) is 0. The number of rotatable bonds is 6. The molecule has 1 aliphatic heterocycles. The van der Waals surface area contributed by atoms with E-state index in [1.807, 2.05) is 59.5 Å². The van der Waals surface area contributed by atoms with Crippen molar-refractivity contribution < 1.29 is 18.9 Å². The van der Waals surface area contributed by atoms with Crippen LogP contribution in [-0.4, -0.2) is 47.8 Å². The number of carbonyl (C=O) groups excluding carboxylic acids is 2. The van der Waals surface area contributed by atoms with Crippen LogP contribution in [0.4, 0.5) is 17.1 Å². The third-order valence-electron chi connectivity index (χ3n) is 6.25. The zero-order chi connectivity index (χ0) is 25.8. The lowest BCUT2D eigenvalue weighted by Crippen LogP contribution is -2.49. The van der Waals surface area contributed by atoms with Crippen molar-refractivity contribution in [3.8, 4) is 11.3 Å². The summed E-state index contributed by atoms with van der Waals surface area (Å²) in [5, 5.41) is 14.0.